The van der Waals surface area contributed by atoms with Crippen molar-refractivity contribution in [2.75, 3.05) is 5.32 Å². The highest BCUT2D eigenvalue weighted by Crippen LogP contribution is 2.22. The van der Waals surface area contributed by atoms with Gasteiger partial charge >= 0.3 is 0 Å². The molecule has 0 spiro atoms. The number of nitrogens with one attached hydrogen (secondary N) is 1. The van der Waals surface area contributed by atoms with Crippen molar-refractivity contribution in [3.63, 3.8) is 0 Å². The third-order valence-corrected chi connectivity index (χ3v) is 3.08. The van der Waals surface area contributed by atoms with Gasteiger partial charge in [-0.25, -0.2) is 8.78 Å². The first kappa shape index (κ1) is 11.7. The summed E-state index contributed by atoms with van der Waals surface area (Å²) in [5.41, 5.74) is -0.557. The SMILES string of the molecule is Cc1ccc(NC(=O)c2c(F)cccc2F)s1. The van der Waals surface area contributed by atoms with Crippen molar-refractivity contribution >= 4 is 22.2 Å². The van der Waals surface area contributed by atoms with E-state index in [4.69, 9.17) is 0 Å². The number of anilines is 1. The van der Waals surface area contributed by atoms with Gasteiger partial charge in [-0.2, -0.15) is 0 Å². The molecule has 1 aromatic heterocycles. The fraction of sp³-hybridized carbons (Fsp3) is 0.0833. The average molecular weight is 253 g/mol. The Morgan fingerprint density at radius 2 is 1.82 bits per heavy atom. The van der Waals surface area contributed by atoms with E-state index in [1.54, 1.807) is 6.07 Å². The van der Waals surface area contributed by atoms with Crippen LogP contribution in [0.25, 0.3) is 0 Å². The fourth-order valence-electron chi connectivity index (χ4n) is 1.39. The van der Waals surface area contributed by atoms with Gasteiger partial charge in [-0.05, 0) is 31.2 Å². The van der Waals surface area contributed by atoms with Crippen LogP contribution in [0.5, 0.6) is 0 Å². The first-order valence-electron chi connectivity index (χ1n) is 4.90. The second kappa shape index (κ2) is 4.63. The third kappa shape index (κ3) is 2.50. The number of rotatable bonds is 2. The molecule has 0 saturated carbocycles. The first-order chi connectivity index (χ1) is 8.08. The number of thiophene rings is 1. The summed E-state index contributed by atoms with van der Waals surface area (Å²) in [5.74, 6) is -2.51. The molecule has 1 amide bonds. The molecule has 0 aliphatic rings. The molecule has 0 unspecified atom stereocenters. The third-order valence-electron chi connectivity index (χ3n) is 2.17. The summed E-state index contributed by atoms with van der Waals surface area (Å²) < 4.78 is 26.6. The van der Waals surface area contributed by atoms with E-state index in [2.05, 4.69) is 5.32 Å². The Morgan fingerprint density at radius 1 is 1.18 bits per heavy atom. The Hall–Kier alpha value is -1.75. The molecule has 1 heterocycles. The molecule has 0 aliphatic heterocycles. The highest BCUT2D eigenvalue weighted by molar-refractivity contribution is 7.16. The van der Waals surface area contributed by atoms with Gasteiger partial charge < -0.3 is 5.32 Å². The molecule has 17 heavy (non-hydrogen) atoms. The second-order valence-electron chi connectivity index (χ2n) is 3.46. The summed E-state index contributed by atoms with van der Waals surface area (Å²) in [6.07, 6.45) is 0. The molecule has 0 saturated heterocycles. The Balaban J connectivity index is 2.26. The lowest BCUT2D eigenvalue weighted by Crippen LogP contribution is -2.14. The van der Waals surface area contributed by atoms with E-state index in [-0.39, 0.29) is 0 Å². The lowest BCUT2D eigenvalue weighted by atomic mass is 10.2. The zero-order valence-electron chi connectivity index (χ0n) is 8.96. The first-order valence-corrected chi connectivity index (χ1v) is 5.71. The summed E-state index contributed by atoms with van der Waals surface area (Å²) in [6.45, 7) is 1.88. The van der Waals surface area contributed by atoms with Crippen LogP contribution < -0.4 is 5.32 Å². The molecule has 1 aromatic carbocycles. The van der Waals surface area contributed by atoms with E-state index in [0.717, 1.165) is 17.0 Å². The second-order valence-corrected chi connectivity index (χ2v) is 4.75. The zero-order valence-corrected chi connectivity index (χ0v) is 9.78. The number of amides is 1. The topological polar surface area (TPSA) is 29.1 Å². The molecule has 0 radical (unpaired) electrons. The number of benzene rings is 1. The molecule has 5 heteroatoms. The monoisotopic (exact) mass is 253 g/mol. The van der Waals surface area contributed by atoms with Gasteiger partial charge in [0, 0.05) is 4.88 Å². The Labute approximate surface area is 101 Å². The molecule has 88 valence electrons. The number of carbonyl (C=O) groups is 1. The summed E-state index contributed by atoms with van der Waals surface area (Å²) >= 11 is 1.35. The van der Waals surface area contributed by atoms with Gasteiger partial charge in [0.15, 0.2) is 0 Å². The molecular weight excluding hydrogens is 244 g/mol. The Bertz CT molecular complexity index is 545. The van der Waals surface area contributed by atoms with Crippen LogP contribution in [0.1, 0.15) is 15.2 Å². The van der Waals surface area contributed by atoms with E-state index in [1.807, 2.05) is 13.0 Å². The summed E-state index contributed by atoms with van der Waals surface area (Å²) in [5, 5.41) is 3.03. The average Bonchev–Trinajstić information content (AvgIpc) is 2.63. The summed E-state index contributed by atoms with van der Waals surface area (Å²) in [6, 6.07) is 6.83. The van der Waals surface area contributed by atoms with Crippen molar-refractivity contribution < 1.29 is 13.6 Å². The molecule has 0 aliphatic carbocycles. The molecule has 2 rings (SSSR count). The van der Waals surface area contributed by atoms with Crippen molar-refractivity contribution in [3.8, 4) is 0 Å². The van der Waals surface area contributed by atoms with Crippen LogP contribution in [-0.2, 0) is 0 Å². The molecule has 1 N–H and O–H groups in total. The molecular formula is C12H9F2NOS. The molecule has 2 aromatic rings. The minimum atomic E-state index is -0.865. The quantitative estimate of drug-likeness (QED) is 0.870. The largest absolute Gasteiger partial charge is 0.313 e. The zero-order chi connectivity index (χ0) is 12.4. The summed E-state index contributed by atoms with van der Waals surface area (Å²) in [7, 11) is 0. The number of hydrogen-bond donors (Lipinski definition) is 1. The van der Waals surface area contributed by atoms with Crippen LogP contribution in [0, 0.1) is 18.6 Å². The highest BCUT2D eigenvalue weighted by atomic mass is 32.1. The smallest absolute Gasteiger partial charge is 0.262 e. The van der Waals surface area contributed by atoms with E-state index in [9.17, 15) is 13.6 Å². The standard InChI is InChI=1S/C12H9F2NOS/c1-7-5-6-10(17-7)15-12(16)11-8(13)3-2-4-9(11)14/h2-6H,1H3,(H,15,16). The predicted molar refractivity (Wildman–Crippen MR) is 63.4 cm³/mol. The highest BCUT2D eigenvalue weighted by Gasteiger charge is 2.17. The van der Waals surface area contributed by atoms with Gasteiger partial charge in [-0.3, -0.25) is 4.79 Å². The maximum Gasteiger partial charge on any atom is 0.262 e. The summed E-state index contributed by atoms with van der Waals surface area (Å²) in [4.78, 5) is 12.7. The van der Waals surface area contributed by atoms with Crippen LogP contribution in [0.15, 0.2) is 30.3 Å². The fourth-order valence-corrected chi connectivity index (χ4v) is 2.15. The maximum absolute atomic E-state index is 13.3. The molecule has 0 bridgehead atoms. The van der Waals surface area contributed by atoms with E-state index in [0.29, 0.717) is 5.00 Å². The van der Waals surface area contributed by atoms with Gasteiger partial charge in [0.2, 0.25) is 0 Å². The van der Waals surface area contributed by atoms with E-state index >= 15 is 0 Å². The number of halogens is 2. The Morgan fingerprint density at radius 3 is 2.35 bits per heavy atom. The van der Waals surface area contributed by atoms with Crippen LogP contribution in [0.4, 0.5) is 13.8 Å². The minimum Gasteiger partial charge on any atom is -0.313 e. The Kier molecular flexibility index (Phi) is 3.19. The van der Waals surface area contributed by atoms with Crippen LogP contribution in [0.3, 0.4) is 0 Å². The van der Waals surface area contributed by atoms with Gasteiger partial charge in [-0.1, -0.05) is 6.07 Å². The molecule has 0 fully saturated rings. The number of hydrogen-bond acceptors (Lipinski definition) is 2. The van der Waals surface area contributed by atoms with Crippen LogP contribution in [-0.4, -0.2) is 5.91 Å². The van der Waals surface area contributed by atoms with Crippen LogP contribution >= 0.6 is 11.3 Å². The van der Waals surface area contributed by atoms with Gasteiger partial charge in [-0.15, -0.1) is 11.3 Å². The minimum absolute atomic E-state index is 0.557. The van der Waals surface area contributed by atoms with E-state index < -0.39 is 23.1 Å². The molecule has 2 nitrogen and oxygen atoms in total. The van der Waals surface area contributed by atoms with E-state index in [1.165, 1.54) is 17.4 Å². The lowest BCUT2D eigenvalue weighted by molar-refractivity contribution is 0.101. The van der Waals surface area contributed by atoms with Crippen molar-refractivity contribution in [2.45, 2.75) is 6.92 Å². The lowest BCUT2D eigenvalue weighted by Gasteiger charge is -2.04. The van der Waals surface area contributed by atoms with Crippen molar-refractivity contribution in [1.29, 1.82) is 0 Å². The number of carbonyl (C=O) groups excluding carboxylic acids is 1. The van der Waals surface area contributed by atoms with Crippen LogP contribution in [0.2, 0.25) is 0 Å². The van der Waals surface area contributed by atoms with Gasteiger partial charge in [0.05, 0.1) is 5.00 Å². The number of aryl methyl sites for hydroxylation is 1. The van der Waals surface area contributed by atoms with Gasteiger partial charge in [0.1, 0.15) is 17.2 Å². The van der Waals surface area contributed by atoms with Crippen molar-refractivity contribution in [1.82, 2.24) is 0 Å². The van der Waals surface area contributed by atoms with Crippen molar-refractivity contribution in [2.24, 2.45) is 0 Å². The molecule has 0 atom stereocenters. The predicted octanol–water partition coefficient (Wildman–Crippen LogP) is 3.59. The van der Waals surface area contributed by atoms with Gasteiger partial charge in [0.25, 0.3) is 5.91 Å². The normalized spacial score (nSPS) is 10.3. The maximum atomic E-state index is 13.3. The van der Waals surface area contributed by atoms with Crippen molar-refractivity contribution in [3.05, 3.63) is 52.4 Å².